The zero-order chi connectivity index (χ0) is 13.5. The number of hydrogen-bond donors (Lipinski definition) is 0. The molecule has 0 fully saturated rings. The SMILES string of the molecule is [Cl][Pd]([Cl])[CH](CPc1ccccc1)Pc1ccccc1. The Morgan fingerprint density at radius 1 is 0.842 bits per heavy atom. The van der Waals surface area contributed by atoms with Gasteiger partial charge in [-0.15, -0.1) is 0 Å². The monoisotopic (exact) mass is 421 g/mol. The van der Waals surface area contributed by atoms with Crippen molar-refractivity contribution in [2.24, 2.45) is 0 Å². The molecule has 19 heavy (non-hydrogen) atoms. The number of rotatable bonds is 6. The summed E-state index contributed by atoms with van der Waals surface area (Å²) in [5.74, 6) is 0. The van der Waals surface area contributed by atoms with Gasteiger partial charge in [-0.05, 0) is 0 Å². The molecule has 0 aromatic heterocycles. The molecule has 0 aliphatic rings. The normalized spacial score (nSPS) is 14.3. The average molecular weight is 423 g/mol. The van der Waals surface area contributed by atoms with Gasteiger partial charge in [0.25, 0.3) is 0 Å². The Morgan fingerprint density at radius 3 is 1.89 bits per heavy atom. The van der Waals surface area contributed by atoms with Crippen LogP contribution in [0.25, 0.3) is 0 Å². The quantitative estimate of drug-likeness (QED) is 0.482. The average Bonchev–Trinajstić information content (AvgIpc) is 2.45. The summed E-state index contributed by atoms with van der Waals surface area (Å²) in [5, 5.41) is 2.75. The third kappa shape index (κ3) is 5.81. The van der Waals surface area contributed by atoms with Crippen LogP contribution < -0.4 is 10.6 Å². The van der Waals surface area contributed by atoms with E-state index in [4.69, 9.17) is 19.1 Å². The molecular weight excluding hydrogens is 407 g/mol. The summed E-state index contributed by atoms with van der Waals surface area (Å²) in [7, 11) is 14.0. The van der Waals surface area contributed by atoms with Crippen LogP contribution in [0.3, 0.4) is 0 Å². The van der Waals surface area contributed by atoms with Crippen LogP contribution >= 0.6 is 36.2 Å². The van der Waals surface area contributed by atoms with Crippen LogP contribution in [0.4, 0.5) is 0 Å². The first-order valence-electron chi connectivity index (χ1n) is 5.79. The van der Waals surface area contributed by atoms with E-state index in [-0.39, 0.29) is 0 Å². The molecule has 105 valence electrons. The molecule has 0 spiro atoms. The Bertz CT molecular complexity index is 479. The predicted octanol–water partition coefficient (Wildman–Crippen LogP) is 4.25. The van der Waals surface area contributed by atoms with E-state index in [9.17, 15) is 0 Å². The first-order chi connectivity index (χ1) is 9.25. The summed E-state index contributed by atoms with van der Waals surface area (Å²) < 4.78 is 0.454. The molecule has 0 N–H and O–H groups in total. The summed E-state index contributed by atoms with van der Waals surface area (Å²) in [6.45, 7) is 0. The summed E-state index contributed by atoms with van der Waals surface area (Å²) in [4.78, 5) is 0. The Kier molecular flexibility index (Phi) is 7.33. The van der Waals surface area contributed by atoms with Crippen molar-refractivity contribution in [2.75, 3.05) is 6.16 Å². The minimum absolute atomic E-state index is 0.454. The van der Waals surface area contributed by atoms with E-state index in [1.807, 2.05) is 6.07 Å². The van der Waals surface area contributed by atoms with Gasteiger partial charge < -0.3 is 0 Å². The van der Waals surface area contributed by atoms with E-state index in [0.29, 0.717) is 4.13 Å². The molecule has 2 aromatic carbocycles. The second kappa shape index (κ2) is 8.75. The van der Waals surface area contributed by atoms with Gasteiger partial charge in [0.2, 0.25) is 0 Å². The Balaban J connectivity index is 1.93. The fourth-order valence-electron chi connectivity index (χ4n) is 1.60. The van der Waals surface area contributed by atoms with Crippen LogP contribution in [-0.2, 0) is 14.7 Å². The predicted molar refractivity (Wildman–Crippen MR) is 89.1 cm³/mol. The molecule has 0 amide bonds. The van der Waals surface area contributed by atoms with E-state index >= 15 is 0 Å². The fourth-order valence-corrected chi connectivity index (χ4v) is 9.47. The molecule has 0 heterocycles. The van der Waals surface area contributed by atoms with Gasteiger partial charge in [0, 0.05) is 0 Å². The second-order valence-corrected chi connectivity index (χ2v) is 13.3. The maximum absolute atomic E-state index is 6.25. The number of halogens is 2. The zero-order valence-electron chi connectivity index (χ0n) is 10.1. The van der Waals surface area contributed by atoms with Crippen molar-refractivity contribution >= 4 is 46.8 Å². The van der Waals surface area contributed by atoms with Gasteiger partial charge in [-0.3, -0.25) is 0 Å². The summed E-state index contributed by atoms with van der Waals surface area (Å²) in [6.07, 6.45) is 1.10. The molecule has 0 aliphatic carbocycles. The van der Waals surface area contributed by atoms with Gasteiger partial charge >= 0.3 is 133 Å². The minimum atomic E-state index is -1.42. The van der Waals surface area contributed by atoms with E-state index in [1.54, 1.807) is 0 Å². The summed E-state index contributed by atoms with van der Waals surface area (Å²) in [6, 6.07) is 21.1. The number of hydrogen-bond acceptors (Lipinski definition) is 0. The fraction of sp³-hybridized carbons (Fsp3) is 0.143. The van der Waals surface area contributed by atoms with Crippen LogP contribution in [0.2, 0.25) is 0 Å². The summed E-state index contributed by atoms with van der Waals surface area (Å²) in [5.41, 5.74) is 0. The van der Waals surface area contributed by atoms with Crippen molar-refractivity contribution in [3.05, 3.63) is 60.7 Å². The van der Waals surface area contributed by atoms with Gasteiger partial charge in [-0.2, -0.15) is 0 Å². The third-order valence-electron chi connectivity index (χ3n) is 2.50. The van der Waals surface area contributed by atoms with Crippen molar-refractivity contribution in [2.45, 2.75) is 4.13 Å². The van der Waals surface area contributed by atoms with E-state index in [1.165, 1.54) is 10.6 Å². The Morgan fingerprint density at radius 2 is 1.37 bits per heavy atom. The topological polar surface area (TPSA) is 0 Å². The van der Waals surface area contributed by atoms with Gasteiger partial charge in [-0.1, -0.05) is 0 Å². The molecule has 0 nitrogen and oxygen atoms in total. The molecule has 5 heteroatoms. The molecule has 0 saturated heterocycles. The third-order valence-corrected chi connectivity index (χ3v) is 12.2. The van der Waals surface area contributed by atoms with Crippen LogP contribution in [0.15, 0.2) is 60.7 Å². The first-order valence-corrected chi connectivity index (χ1v) is 13.0. The molecule has 0 aliphatic heterocycles. The van der Waals surface area contributed by atoms with Crippen molar-refractivity contribution in [1.82, 2.24) is 0 Å². The van der Waals surface area contributed by atoms with Gasteiger partial charge in [0.05, 0.1) is 0 Å². The second-order valence-electron chi connectivity index (χ2n) is 3.86. The molecule has 3 atom stereocenters. The molecular formula is C14H15Cl2P2Pd. The van der Waals surface area contributed by atoms with Gasteiger partial charge in [-0.25, -0.2) is 0 Å². The molecule has 3 unspecified atom stereocenters. The van der Waals surface area contributed by atoms with Crippen LogP contribution in [0.1, 0.15) is 0 Å². The van der Waals surface area contributed by atoms with Crippen LogP contribution in [-0.4, -0.2) is 10.3 Å². The molecule has 0 saturated carbocycles. The van der Waals surface area contributed by atoms with E-state index in [0.717, 1.165) is 23.3 Å². The zero-order valence-corrected chi connectivity index (χ0v) is 15.2. The molecule has 2 rings (SSSR count). The van der Waals surface area contributed by atoms with Gasteiger partial charge in [0.15, 0.2) is 0 Å². The first kappa shape index (κ1) is 15.9. The summed E-state index contributed by atoms with van der Waals surface area (Å²) >= 11 is -1.42. The van der Waals surface area contributed by atoms with E-state index < -0.39 is 14.7 Å². The van der Waals surface area contributed by atoms with Gasteiger partial charge in [0.1, 0.15) is 0 Å². The molecule has 2 aromatic rings. The standard InChI is InChI=1S/C14H15P2.2ClH.Pd/c1-3-7-13(8-4-1)15-11-12-16-14-9-5-2-6-10-14;;;/h1-11,15-16H,12H2;2*1H;/q;;;+2/p-2. The number of benzene rings is 2. The van der Waals surface area contributed by atoms with Crippen molar-refractivity contribution in [1.29, 1.82) is 0 Å². The maximum atomic E-state index is 6.25. The Labute approximate surface area is 132 Å². The van der Waals surface area contributed by atoms with Crippen molar-refractivity contribution < 1.29 is 14.7 Å². The van der Waals surface area contributed by atoms with Crippen molar-refractivity contribution in [3.8, 4) is 0 Å². The van der Waals surface area contributed by atoms with Crippen LogP contribution in [0, 0.1) is 0 Å². The van der Waals surface area contributed by atoms with E-state index in [2.05, 4.69) is 54.6 Å². The molecule has 0 bridgehead atoms. The molecule has 0 radical (unpaired) electrons. The Hall–Kier alpha value is 0.542. The van der Waals surface area contributed by atoms with Crippen LogP contribution in [0.5, 0.6) is 0 Å². The van der Waals surface area contributed by atoms with Crippen molar-refractivity contribution in [3.63, 3.8) is 0 Å².